The Hall–Kier alpha value is -1.67. The molecule has 1 aromatic heterocycles. The van der Waals surface area contributed by atoms with Crippen LogP contribution in [-0.4, -0.2) is 36.2 Å². The lowest BCUT2D eigenvalue weighted by atomic mass is 10.1. The van der Waals surface area contributed by atoms with Crippen LogP contribution in [0.5, 0.6) is 0 Å². The van der Waals surface area contributed by atoms with Crippen molar-refractivity contribution >= 4 is 39.1 Å². The summed E-state index contributed by atoms with van der Waals surface area (Å²) in [6, 6.07) is 8.40. The molecule has 3 rings (SSSR count). The van der Waals surface area contributed by atoms with Gasteiger partial charge in [0.25, 0.3) is 0 Å². The van der Waals surface area contributed by atoms with Gasteiger partial charge in [0.1, 0.15) is 6.04 Å². The predicted octanol–water partition coefficient (Wildman–Crippen LogP) is 3.25. The topological polar surface area (TPSA) is 79.4 Å². The molecule has 0 radical (unpaired) electrons. The predicted molar refractivity (Wildman–Crippen MR) is 104 cm³/mol. The van der Waals surface area contributed by atoms with E-state index >= 15 is 0 Å². The molecule has 2 heterocycles. The zero-order valence-corrected chi connectivity index (χ0v) is 16.8. The van der Waals surface area contributed by atoms with Crippen molar-refractivity contribution in [3.8, 4) is 0 Å². The number of pyridine rings is 1. The molecule has 0 saturated carbocycles. The number of halogens is 2. The van der Waals surface area contributed by atoms with Crippen molar-refractivity contribution in [1.82, 2.24) is 14.6 Å². The minimum absolute atomic E-state index is 0.0276. The molecule has 1 fully saturated rings. The first kappa shape index (κ1) is 20.1. The van der Waals surface area contributed by atoms with E-state index in [2.05, 4.69) is 10.3 Å². The summed E-state index contributed by atoms with van der Waals surface area (Å²) in [6.07, 6.45) is 3.48. The molecule has 6 nitrogen and oxygen atoms in total. The Kier molecular flexibility index (Phi) is 6.37. The molecule has 9 heteroatoms. The van der Waals surface area contributed by atoms with Gasteiger partial charge in [-0.25, -0.2) is 8.42 Å². The van der Waals surface area contributed by atoms with Crippen LogP contribution in [0, 0.1) is 0 Å². The number of amides is 1. The number of rotatable bonds is 5. The molecule has 1 aliphatic rings. The van der Waals surface area contributed by atoms with Crippen LogP contribution in [0.1, 0.15) is 25.0 Å². The minimum atomic E-state index is -3.93. The van der Waals surface area contributed by atoms with E-state index in [1.54, 1.807) is 12.1 Å². The Morgan fingerprint density at radius 1 is 1.07 bits per heavy atom. The monoisotopic (exact) mass is 427 g/mol. The molecular weight excluding hydrogens is 409 g/mol. The van der Waals surface area contributed by atoms with Crippen molar-refractivity contribution < 1.29 is 13.2 Å². The first-order valence-electron chi connectivity index (χ1n) is 8.53. The maximum atomic E-state index is 13.3. The fourth-order valence-corrected chi connectivity index (χ4v) is 4.79. The number of carbonyl (C=O) groups is 1. The number of sulfonamides is 1. The normalized spacial score (nSPS) is 18.2. The number of benzene rings is 1. The fourth-order valence-electron chi connectivity index (χ4n) is 2.96. The van der Waals surface area contributed by atoms with Gasteiger partial charge in [-0.15, -0.1) is 0 Å². The molecule has 144 valence electrons. The SMILES string of the molecule is O=C1NCCCCC1N(Cc1ccc(Cl)cn1)S(=O)(=O)c1ccc(Cl)cc1. The Morgan fingerprint density at radius 2 is 1.78 bits per heavy atom. The van der Waals surface area contributed by atoms with E-state index in [0.29, 0.717) is 28.7 Å². The zero-order valence-electron chi connectivity index (χ0n) is 14.4. The first-order valence-corrected chi connectivity index (χ1v) is 10.7. The van der Waals surface area contributed by atoms with E-state index in [-0.39, 0.29) is 17.3 Å². The smallest absolute Gasteiger partial charge is 0.244 e. The van der Waals surface area contributed by atoms with E-state index in [9.17, 15) is 13.2 Å². The highest BCUT2D eigenvalue weighted by molar-refractivity contribution is 7.89. The molecule has 0 aliphatic carbocycles. The highest BCUT2D eigenvalue weighted by Gasteiger charge is 2.36. The van der Waals surface area contributed by atoms with Gasteiger partial charge in [-0.1, -0.05) is 23.2 Å². The summed E-state index contributed by atoms with van der Waals surface area (Å²) in [4.78, 5) is 16.8. The summed E-state index contributed by atoms with van der Waals surface area (Å²) in [5, 5.41) is 3.69. The highest BCUT2D eigenvalue weighted by atomic mass is 35.5. The summed E-state index contributed by atoms with van der Waals surface area (Å²) in [5.41, 5.74) is 0.508. The summed E-state index contributed by atoms with van der Waals surface area (Å²) in [5.74, 6) is -0.293. The molecule has 1 N–H and O–H groups in total. The van der Waals surface area contributed by atoms with Gasteiger partial charge < -0.3 is 5.32 Å². The highest BCUT2D eigenvalue weighted by Crippen LogP contribution is 2.25. The van der Waals surface area contributed by atoms with Crippen molar-refractivity contribution in [2.24, 2.45) is 0 Å². The third-order valence-corrected chi connectivity index (χ3v) is 6.73. The Morgan fingerprint density at radius 3 is 2.44 bits per heavy atom. The average molecular weight is 428 g/mol. The van der Waals surface area contributed by atoms with E-state index in [1.165, 1.54) is 34.8 Å². The van der Waals surface area contributed by atoms with Crippen molar-refractivity contribution in [3.05, 3.63) is 58.3 Å². The summed E-state index contributed by atoms with van der Waals surface area (Å²) in [6.45, 7) is 0.517. The second-order valence-corrected chi connectivity index (χ2v) is 9.04. The van der Waals surface area contributed by atoms with Crippen LogP contribution in [0.3, 0.4) is 0 Å². The number of carbonyl (C=O) groups excluding carboxylic acids is 1. The van der Waals surface area contributed by atoms with Crippen molar-refractivity contribution in [2.75, 3.05) is 6.54 Å². The summed E-state index contributed by atoms with van der Waals surface area (Å²) >= 11 is 11.8. The van der Waals surface area contributed by atoms with Crippen molar-refractivity contribution in [1.29, 1.82) is 0 Å². The van der Waals surface area contributed by atoms with Gasteiger partial charge in [-0.05, 0) is 55.7 Å². The average Bonchev–Trinajstić information content (AvgIpc) is 2.86. The maximum absolute atomic E-state index is 13.3. The number of nitrogens with one attached hydrogen (secondary N) is 1. The Balaban J connectivity index is 2.01. The number of hydrogen-bond acceptors (Lipinski definition) is 4. The lowest BCUT2D eigenvalue weighted by Gasteiger charge is -2.29. The van der Waals surface area contributed by atoms with E-state index in [0.717, 1.165) is 12.8 Å². The Bertz CT molecular complexity index is 902. The van der Waals surface area contributed by atoms with Gasteiger partial charge >= 0.3 is 0 Å². The molecule has 2 aromatic rings. The molecule has 27 heavy (non-hydrogen) atoms. The molecule has 0 spiro atoms. The summed E-state index contributed by atoms with van der Waals surface area (Å²) < 4.78 is 27.9. The third kappa shape index (κ3) is 4.79. The molecule has 1 saturated heterocycles. The second kappa shape index (κ2) is 8.56. The quantitative estimate of drug-likeness (QED) is 0.793. The molecular formula is C18H19Cl2N3O3S. The van der Waals surface area contributed by atoms with E-state index in [4.69, 9.17) is 23.2 Å². The third-order valence-electron chi connectivity index (χ3n) is 4.38. The lowest BCUT2D eigenvalue weighted by molar-refractivity contribution is -0.124. The summed E-state index contributed by atoms with van der Waals surface area (Å²) in [7, 11) is -3.93. The molecule has 1 atom stereocenters. The second-order valence-electron chi connectivity index (χ2n) is 6.27. The van der Waals surface area contributed by atoms with Gasteiger partial charge in [0.2, 0.25) is 15.9 Å². The van der Waals surface area contributed by atoms with E-state index in [1.807, 2.05) is 0 Å². The van der Waals surface area contributed by atoms with Crippen LogP contribution in [0.2, 0.25) is 10.0 Å². The largest absolute Gasteiger partial charge is 0.355 e. The van der Waals surface area contributed by atoms with Crippen LogP contribution < -0.4 is 5.32 Å². The van der Waals surface area contributed by atoms with Gasteiger partial charge in [0.15, 0.2) is 0 Å². The minimum Gasteiger partial charge on any atom is -0.355 e. The van der Waals surface area contributed by atoms with Gasteiger partial charge in [0.05, 0.1) is 22.2 Å². The number of hydrogen-bond donors (Lipinski definition) is 1. The maximum Gasteiger partial charge on any atom is 0.244 e. The van der Waals surface area contributed by atoms with Gasteiger partial charge in [-0.2, -0.15) is 4.31 Å². The van der Waals surface area contributed by atoms with Crippen LogP contribution >= 0.6 is 23.2 Å². The van der Waals surface area contributed by atoms with Crippen molar-refractivity contribution in [3.63, 3.8) is 0 Å². The zero-order chi connectivity index (χ0) is 19.4. The lowest BCUT2D eigenvalue weighted by Crippen LogP contribution is -2.48. The molecule has 1 aromatic carbocycles. The van der Waals surface area contributed by atoms with Gasteiger partial charge in [-0.3, -0.25) is 9.78 Å². The molecule has 1 amide bonds. The van der Waals surface area contributed by atoms with Crippen molar-refractivity contribution in [2.45, 2.75) is 36.7 Å². The molecule has 1 unspecified atom stereocenters. The molecule has 0 bridgehead atoms. The van der Waals surface area contributed by atoms with Crippen LogP contribution in [-0.2, 0) is 21.4 Å². The standard InChI is InChI=1S/C18H19Cl2N3O3S/c19-13-5-8-16(9-6-13)27(25,26)23(12-15-7-4-14(20)11-22-15)17-3-1-2-10-21-18(17)24/h4-9,11,17H,1-3,10,12H2,(H,21,24). The molecule has 1 aliphatic heterocycles. The number of nitrogens with zero attached hydrogens (tertiary/aromatic N) is 2. The van der Waals surface area contributed by atoms with E-state index < -0.39 is 16.1 Å². The first-order chi connectivity index (χ1) is 12.9. The number of aromatic nitrogens is 1. The van der Waals surface area contributed by atoms with Crippen LogP contribution in [0.15, 0.2) is 47.5 Å². The van der Waals surface area contributed by atoms with Crippen LogP contribution in [0.25, 0.3) is 0 Å². The van der Waals surface area contributed by atoms with Gasteiger partial charge in [0, 0.05) is 17.8 Å². The fraction of sp³-hybridized carbons (Fsp3) is 0.333. The Labute approximate surface area is 168 Å². The van der Waals surface area contributed by atoms with Crippen LogP contribution in [0.4, 0.5) is 0 Å².